The molecule has 1 aliphatic rings. The monoisotopic (exact) mass is 435 g/mol. The molecule has 33 heavy (non-hydrogen) atoms. The molecule has 5 heteroatoms. The van der Waals surface area contributed by atoms with Gasteiger partial charge in [-0.2, -0.15) is 0 Å². The number of carbonyl (C=O) groups excluding carboxylic acids is 1. The van der Waals surface area contributed by atoms with Gasteiger partial charge >= 0.3 is 0 Å². The second kappa shape index (κ2) is 8.24. The smallest absolute Gasteiger partial charge is 0.225 e. The minimum atomic E-state index is -0.255. The average molecular weight is 436 g/mol. The largest absolute Gasteiger partial charge is 0.464 e. The lowest BCUT2D eigenvalue weighted by molar-refractivity contribution is -0.121. The molecule has 0 unspecified atom stereocenters. The Bertz CT molecular complexity index is 1420. The molecular formula is C28H25N3O2. The zero-order chi connectivity index (χ0) is 22.2. The molecule has 3 aromatic carbocycles. The summed E-state index contributed by atoms with van der Waals surface area (Å²) in [6, 6.07) is 22.2. The first-order valence-electron chi connectivity index (χ1n) is 11.5. The number of aromatic nitrogens is 2. The topological polar surface area (TPSA) is 70.9 Å². The number of nitrogens with one attached hydrogen (secondary N) is 2. The third-order valence-electron chi connectivity index (χ3n) is 6.57. The molecule has 164 valence electrons. The number of furan rings is 1. The van der Waals surface area contributed by atoms with Crippen LogP contribution in [0.15, 0.2) is 77.4 Å². The van der Waals surface area contributed by atoms with Crippen LogP contribution in [-0.2, 0) is 30.5 Å². The summed E-state index contributed by atoms with van der Waals surface area (Å²) in [5, 5.41) is 4.27. The van der Waals surface area contributed by atoms with Gasteiger partial charge in [-0.05, 0) is 66.6 Å². The van der Waals surface area contributed by atoms with Crippen LogP contribution in [0.4, 0.5) is 0 Å². The molecule has 2 aromatic heterocycles. The molecule has 0 radical (unpaired) electrons. The minimum absolute atomic E-state index is 0.0421. The fourth-order valence-electron chi connectivity index (χ4n) is 4.91. The Balaban J connectivity index is 1.27. The number of fused-ring (bicyclic) bond motifs is 3. The molecule has 0 aliphatic heterocycles. The molecule has 1 atom stereocenters. The number of imidazole rings is 1. The maximum Gasteiger partial charge on any atom is 0.225 e. The van der Waals surface area contributed by atoms with E-state index in [1.165, 1.54) is 17.5 Å². The molecule has 2 N–H and O–H groups in total. The number of H-pyrrole nitrogens is 1. The standard InChI is InChI=1S/C28H25N3O2/c32-27(16-21-17-33-26-15-20-10-6-9-19(20)14-22(21)26)29-25(13-18-7-2-1-3-8-18)28-30-23-11-4-5-12-24(23)31-28/h1-5,7-8,11-12,14-15,17,25H,6,9-10,13,16H2,(H,29,32)(H,30,31)/t25-/m0/s1. The fourth-order valence-corrected chi connectivity index (χ4v) is 4.91. The van der Waals surface area contributed by atoms with Crippen LogP contribution in [-0.4, -0.2) is 15.9 Å². The summed E-state index contributed by atoms with van der Waals surface area (Å²) in [5.41, 5.74) is 7.57. The second-order valence-corrected chi connectivity index (χ2v) is 8.86. The Kier molecular flexibility index (Phi) is 4.95. The molecule has 5 nitrogen and oxygen atoms in total. The van der Waals surface area contributed by atoms with Gasteiger partial charge in [-0.1, -0.05) is 42.5 Å². The Morgan fingerprint density at radius 1 is 1.03 bits per heavy atom. The first kappa shape index (κ1) is 19.8. The minimum Gasteiger partial charge on any atom is -0.464 e. The van der Waals surface area contributed by atoms with Gasteiger partial charge in [0.1, 0.15) is 11.4 Å². The number of aryl methyl sites for hydroxylation is 2. The number of carbonyl (C=O) groups is 1. The van der Waals surface area contributed by atoms with E-state index in [-0.39, 0.29) is 18.4 Å². The van der Waals surface area contributed by atoms with Crippen molar-refractivity contribution >= 4 is 27.9 Å². The summed E-state index contributed by atoms with van der Waals surface area (Å²) in [4.78, 5) is 21.3. The van der Waals surface area contributed by atoms with Gasteiger partial charge in [0.2, 0.25) is 5.91 Å². The Labute approximate surface area is 191 Å². The third kappa shape index (κ3) is 3.91. The van der Waals surface area contributed by atoms with Crippen molar-refractivity contribution < 1.29 is 9.21 Å². The molecule has 0 saturated carbocycles. The van der Waals surface area contributed by atoms with Gasteiger partial charge in [-0.15, -0.1) is 0 Å². The van der Waals surface area contributed by atoms with Crippen molar-refractivity contribution in [2.45, 2.75) is 38.1 Å². The lowest BCUT2D eigenvalue weighted by atomic mass is 10.0. The van der Waals surface area contributed by atoms with Gasteiger partial charge in [0.15, 0.2) is 0 Å². The zero-order valence-electron chi connectivity index (χ0n) is 18.3. The van der Waals surface area contributed by atoms with Crippen LogP contribution in [0.3, 0.4) is 0 Å². The number of rotatable bonds is 6. The number of para-hydroxylation sites is 2. The first-order valence-corrected chi connectivity index (χ1v) is 11.5. The highest BCUT2D eigenvalue weighted by molar-refractivity contribution is 5.89. The quantitative estimate of drug-likeness (QED) is 0.373. The van der Waals surface area contributed by atoms with Crippen molar-refractivity contribution in [2.24, 2.45) is 0 Å². The molecule has 0 bridgehead atoms. The van der Waals surface area contributed by atoms with E-state index >= 15 is 0 Å². The van der Waals surface area contributed by atoms with Crippen molar-refractivity contribution in [1.82, 2.24) is 15.3 Å². The van der Waals surface area contributed by atoms with E-state index in [9.17, 15) is 4.79 Å². The van der Waals surface area contributed by atoms with Crippen molar-refractivity contribution in [3.63, 3.8) is 0 Å². The number of hydrogen-bond donors (Lipinski definition) is 2. The normalized spacial score (nSPS) is 13.9. The van der Waals surface area contributed by atoms with Crippen LogP contribution in [0.25, 0.3) is 22.0 Å². The van der Waals surface area contributed by atoms with E-state index in [1.807, 2.05) is 42.5 Å². The summed E-state index contributed by atoms with van der Waals surface area (Å²) >= 11 is 0. The molecule has 1 aliphatic carbocycles. The van der Waals surface area contributed by atoms with E-state index in [2.05, 4.69) is 34.6 Å². The van der Waals surface area contributed by atoms with Gasteiger partial charge in [0.05, 0.1) is 29.8 Å². The number of amides is 1. The second-order valence-electron chi connectivity index (χ2n) is 8.86. The highest BCUT2D eigenvalue weighted by atomic mass is 16.3. The molecule has 0 saturated heterocycles. The Hall–Kier alpha value is -3.86. The highest BCUT2D eigenvalue weighted by Gasteiger charge is 2.21. The van der Waals surface area contributed by atoms with Crippen LogP contribution in [0.1, 0.15) is 40.5 Å². The predicted octanol–water partition coefficient (Wildman–Crippen LogP) is 5.44. The number of aromatic amines is 1. The van der Waals surface area contributed by atoms with Gasteiger partial charge < -0.3 is 14.7 Å². The van der Waals surface area contributed by atoms with Crippen molar-refractivity contribution in [1.29, 1.82) is 0 Å². The molecule has 0 fully saturated rings. The van der Waals surface area contributed by atoms with Gasteiger partial charge in [0.25, 0.3) is 0 Å². The van der Waals surface area contributed by atoms with E-state index in [0.717, 1.165) is 51.8 Å². The number of benzene rings is 3. The van der Waals surface area contributed by atoms with Gasteiger partial charge in [-0.3, -0.25) is 4.79 Å². The van der Waals surface area contributed by atoms with Crippen LogP contribution < -0.4 is 5.32 Å². The summed E-state index contributed by atoms with van der Waals surface area (Å²) in [6.45, 7) is 0. The van der Waals surface area contributed by atoms with Crippen molar-refractivity contribution in [3.8, 4) is 0 Å². The molecule has 1 amide bonds. The SMILES string of the molecule is O=C(Cc1coc2cc3c(cc12)CCC3)N[C@@H](Cc1ccccc1)c1nc2ccccc2[nH]1. The fraction of sp³-hybridized carbons (Fsp3) is 0.214. The summed E-state index contributed by atoms with van der Waals surface area (Å²) < 4.78 is 5.80. The average Bonchev–Trinajstić information content (AvgIpc) is 3.56. The summed E-state index contributed by atoms with van der Waals surface area (Å²) in [7, 11) is 0. The van der Waals surface area contributed by atoms with Crippen LogP contribution in [0, 0.1) is 0 Å². The van der Waals surface area contributed by atoms with Gasteiger partial charge in [0, 0.05) is 10.9 Å². The maximum atomic E-state index is 13.2. The van der Waals surface area contributed by atoms with Crippen LogP contribution in [0.2, 0.25) is 0 Å². The van der Waals surface area contributed by atoms with E-state index in [0.29, 0.717) is 6.42 Å². The summed E-state index contributed by atoms with van der Waals surface area (Å²) in [5.74, 6) is 0.725. The number of nitrogens with zero attached hydrogens (tertiary/aromatic N) is 1. The summed E-state index contributed by atoms with van der Waals surface area (Å²) in [6.07, 6.45) is 6.07. The van der Waals surface area contributed by atoms with Crippen molar-refractivity contribution in [2.75, 3.05) is 0 Å². The lowest BCUT2D eigenvalue weighted by Crippen LogP contribution is -2.31. The first-order chi connectivity index (χ1) is 16.2. The van der Waals surface area contributed by atoms with E-state index in [1.54, 1.807) is 6.26 Å². The van der Waals surface area contributed by atoms with E-state index in [4.69, 9.17) is 9.40 Å². The van der Waals surface area contributed by atoms with Gasteiger partial charge in [-0.25, -0.2) is 4.98 Å². The third-order valence-corrected chi connectivity index (χ3v) is 6.57. The molecule has 5 aromatic rings. The molecule has 2 heterocycles. The molecule has 0 spiro atoms. The zero-order valence-corrected chi connectivity index (χ0v) is 18.3. The molecule has 6 rings (SSSR count). The van der Waals surface area contributed by atoms with Crippen molar-refractivity contribution in [3.05, 3.63) is 101 Å². The predicted molar refractivity (Wildman–Crippen MR) is 129 cm³/mol. The lowest BCUT2D eigenvalue weighted by Gasteiger charge is -2.17. The van der Waals surface area contributed by atoms with Crippen LogP contribution in [0.5, 0.6) is 0 Å². The molecular weight excluding hydrogens is 410 g/mol. The highest BCUT2D eigenvalue weighted by Crippen LogP contribution is 2.30. The Morgan fingerprint density at radius 3 is 2.67 bits per heavy atom. The van der Waals surface area contributed by atoms with Crippen LogP contribution >= 0.6 is 0 Å². The Morgan fingerprint density at radius 2 is 1.82 bits per heavy atom. The number of hydrogen-bond acceptors (Lipinski definition) is 3. The van der Waals surface area contributed by atoms with E-state index < -0.39 is 0 Å². The maximum absolute atomic E-state index is 13.2.